The van der Waals surface area contributed by atoms with Crippen molar-refractivity contribution < 1.29 is 9.21 Å². The number of rotatable bonds is 3. The predicted molar refractivity (Wildman–Crippen MR) is 63.8 cm³/mol. The van der Waals surface area contributed by atoms with Crippen LogP contribution < -0.4 is 5.32 Å². The number of furan rings is 1. The first-order valence-corrected chi connectivity index (χ1v) is 5.50. The summed E-state index contributed by atoms with van der Waals surface area (Å²) in [6.45, 7) is 1.83. The summed E-state index contributed by atoms with van der Waals surface area (Å²) in [6.07, 6.45) is 3.06. The second kappa shape index (κ2) is 5.01. The van der Waals surface area contributed by atoms with Gasteiger partial charge in [0.2, 0.25) is 0 Å². The van der Waals surface area contributed by atoms with E-state index in [4.69, 9.17) is 16.0 Å². The number of hydrogen-bond donors (Lipinski definition) is 1. The Kier molecular flexibility index (Phi) is 3.44. The number of aromatic nitrogens is 1. The van der Waals surface area contributed by atoms with Gasteiger partial charge in [-0.25, -0.2) is 0 Å². The fourth-order valence-corrected chi connectivity index (χ4v) is 1.57. The van der Waals surface area contributed by atoms with E-state index in [2.05, 4.69) is 10.3 Å². The van der Waals surface area contributed by atoms with Gasteiger partial charge in [-0.2, -0.15) is 0 Å². The SMILES string of the molecule is CC(NC(=O)c1cc(Cl)ccn1)c1ccco1. The zero-order chi connectivity index (χ0) is 12.3. The number of halogens is 1. The minimum Gasteiger partial charge on any atom is -0.467 e. The van der Waals surface area contributed by atoms with E-state index in [1.165, 1.54) is 12.3 Å². The molecule has 4 nitrogen and oxygen atoms in total. The maximum Gasteiger partial charge on any atom is 0.270 e. The summed E-state index contributed by atoms with van der Waals surface area (Å²) in [5.41, 5.74) is 0.288. The third-order valence-corrected chi connectivity index (χ3v) is 2.51. The van der Waals surface area contributed by atoms with Gasteiger partial charge in [-0.15, -0.1) is 0 Å². The minimum absolute atomic E-state index is 0.210. The van der Waals surface area contributed by atoms with Gasteiger partial charge >= 0.3 is 0 Å². The van der Waals surface area contributed by atoms with E-state index in [0.717, 1.165) is 0 Å². The van der Waals surface area contributed by atoms with Crippen molar-refractivity contribution in [1.82, 2.24) is 10.3 Å². The first-order valence-electron chi connectivity index (χ1n) is 5.12. The average Bonchev–Trinajstić information content (AvgIpc) is 2.82. The molecule has 1 N–H and O–H groups in total. The standard InChI is InChI=1S/C12H11ClN2O2/c1-8(11-3-2-6-17-11)15-12(16)10-7-9(13)4-5-14-10/h2-8H,1H3,(H,15,16). The van der Waals surface area contributed by atoms with Crippen LogP contribution in [0.15, 0.2) is 41.1 Å². The number of hydrogen-bond acceptors (Lipinski definition) is 3. The van der Waals surface area contributed by atoms with E-state index < -0.39 is 0 Å². The molecule has 2 aromatic heterocycles. The van der Waals surface area contributed by atoms with Crippen molar-refractivity contribution in [3.63, 3.8) is 0 Å². The molecule has 1 amide bonds. The van der Waals surface area contributed by atoms with Gasteiger partial charge in [0.1, 0.15) is 11.5 Å². The van der Waals surface area contributed by atoms with Crippen molar-refractivity contribution in [2.45, 2.75) is 13.0 Å². The zero-order valence-corrected chi connectivity index (χ0v) is 9.94. The fraction of sp³-hybridized carbons (Fsp3) is 0.167. The van der Waals surface area contributed by atoms with Gasteiger partial charge in [-0.3, -0.25) is 9.78 Å². The summed E-state index contributed by atoms with van der Waals surface area (Å²) in [5.74, 6) is 0.414. The van der Waals surface area contributed by atoms with Crippen LogP contribution in [0.3, 0.4) is 0 Å². The van der Waals surface area contributed by atoms with Crippen LogP contribution in [0.2, 0.25) is 5.02 Å². The summed E-state index contributed by atoms with van der Waals surface area (Å²) in [6, 6.07) is 6.50. The van der Waals surface area contributed by atoms with E-state index in [0.29, 0.717) is 10.8 Å². The number of amides is 1. The quantitative estimate of drug-likeness (QED) is 0.911. The van der Waals surface area contributed by atoms with Crippen LogP contribution in [0.25, 0.3) is 0 Å². The highest BCUT2D eigenvalue weighted by atomic mass is 35.5. The molecule has 0 bridgehead atoms. The molecule has 0 saturated carbocycles. The summed E-state index contributed by atoms with van der Waals surface area (Å²) in [5, 5.41) is 3.25. The Bertz CT molecular complexity index is 511. The Morgan fingerprint density at radius 3 is 3.00 bits per heavy atom. The number of carbonyl (C=O) groups excluding carboxylic acids is 1. The van der Waals surface area contributed by atoms with Crippen molar-refractivity contribution in [3.8, 4) is 0 Å². The monoisotopic (exact) mass is 250 g/mol. The molecule has 0 aliphatic heterocycles. The van der Waals surface area contributed by atoms with Crippen molar-refractivity contribution in [2.75, 3.05) is 0 Å². The van der Waals surface area contributed by atoms with Crippen LogP contribution in [0.5, 0.6) is 0 Å². The molecule has 88 valence electrons. The Labute approximate surface area is 104 Å². The van der Waals surface area contributed by atoms with E-state index in [1.54, 1.807) is 24.5 Å². The molecule has 1 unspecified atom stereocenters. The van der Waals surface area contributed by atoms with E-state index >= 15 is 0 Å². The molecule has 2 aromatic rings. The topological polar surface area (TPSA) is 55.1 Å². The molecule has 0 radical (unpaired) electrons. The zero-order valence-electron chi connectivity index (χ0n) is 9.18. The van der Waals surface area contributed by atoms with Gasteiger partial charge in [0.15, 0.2) is 0 Å². The molecule has 1 atom stereocenters. The van der Waals surface area contributed by atoms with Gasteiger partial charge in [-0.05, 0) is 31.2 Å². The molecule has 0 fully saturated rings. The molecule has 2 rings (SSSR count). The van der Waals surface area contributed by atoms with Crippen LogP contribution >= 0.6 is 11.6 Å². The second-order valence-electron chi connectivity index (χ2n) is 3.57. The molecule has 0 spiro atoms. The van der Waals surface area contributed by atoms with Gasteiger partial charge in [-0.1, -0.05) is 11.6 Å². The smallest absolute Gasteiger partial charge is 0.270 e. The largest absolute Gasteiger partial charge is 0.467 e. The highest BCUT2D eigenvalue weighted by molar-refractivity contribution is 6.30. The number of carbonyl (C=O) groups is 1. The first-order chi connectivity index (χ1) is 8.16. The Balaban J connectivity index is 2.07. The third kappa shape index (κ3) is 2.85. The van der Waals surface area contributed by atoms with Gasteiger partial charge in [0.05, 0.1) is 12.3 Å². The van der Waals surface area contributed by atoms with E-state index in [-0.39, 0.29) is 17.6 Å². The molecule has 0 aliphatic carbocycles. The number of nitrogens with zero attached hydrogens (tertiary/aromatic N) is 1. The first kappa shape index (κ1) is 11.7. The lowest BCUT2D eigenvalue weighted by Gasteiger charge is -2.10. The maximum absolute atomic E-state index is 11.8. The van der Waals surface area contributed by atoms with Crippen LogP contribution in [0, 0.1) is 0 Å². The number of nitrogens with one attached hydrogen (secondary N) is 1. The summed E-state index contributed by atoms with van der Waals surface area (Å²) in [4.78, 5) is 15.8. The summed E-state index contributed by atoms with van der Waals surface area (Å²) in [7, 11) is 0. The Morgan fingerprint density at radius 1 is 1.53 bits per heavy atom. The summed E-state index contributed by atoms with van der Waals surface area (Å²) < 4.78 is 5.19. The van der Waals surface area contributed by atoms with Gasteiger partial charge < -0.3 is 9.73 Å². The molecular formula is C12H11ClN2O2. The van der Waals surface area contributed by atoms with Gasteiger partial charge in [0, 0.05) is 11.2 Å². The molecule has 17 heavy (non-hydrogen) atoms. The normalized spacial score (nSPS) is 12.1. The molecule has 2 heterocycles. The second-order valence-corrected chi connectivity index (χ2v) is 4.01. The van der Waals surface area contributed by atoms with Crippen LogP contribution in [0.4, 0.5) is 0 Å². The van der Waals surface area contributed by atoms with E-state index in [9.17, 15) is 4.79 Å². The molecule has 0 aromatic carbocycles. The minimum atomic E-state index is -0.281. The predicted octanol–water partition coefficient (Wildman–Crippen LogP) is 2.82. The van der Waals surface area contributed by atoms with Crippen molar-refractivity contribution >= 4 is 17.5 Å². The molecular weight excluding hydrogens is 240 g/mol. The van der Waals surface area contributed by atoms with Crippen LogP contribution in [-0.2, 0) is 0 Å². The van der Waals surface area contributed by atoms with Crippen molar-refractivity contribution in [2.24, 2.45) is 0 Å². The van der Waals surface area contributed by atoms with Gasteiger partial charge in [0.25, 0.3) is 5.91 Å². The average molecular weight is 251 g/mol. The lowest BCUT2D eigenvalue weighted by Crippen LogP contribution is -2.27. The summed E-state index contributed by atoms with van der Waals surface area (Å²) >= 11 is 5.79. The Hall–Kier alpha value is -1.81. The van der Waals surface area contributed by atoms with Crippen LogP contribution in [0.1, 0.15) is 29.2 Å². The lowest BCUT2D eigenvalue weighted by molar-refractivity contribution is 0.0930. The molecule has 0 aliphatic rings. The molecule has 5 heteroatoms. The van der Waals surface area contributed by atoms with E-state index in [1.807, 2.05) is 6.92 Å². The van der Waals surface area contributed by atoms with Crippen molar-refractivity contribution in [3.05, 3.63) is 53.2 Å². The fourth-order valence-electron chi connectivity index (χ4n) is 1.41. The highest BCUT2D eigenvalue weighted by Gasteiger charge is 2.14. The highest BCUT2D eigenvalue weighted by Crippen LogP contribution is 2.14. The van der Waals surface area contributed by atoms with Crippen LogP contribution in [-0.4, -0.2) is 10.9 Å². The maximum atomic E-state index is 11.8. The lowest BCUT2D eigenvalue weighted by atomic mass is 10.2. The Morgan fingerprint density at radius 2 is 2.35 bits per heavy atom. The molecule has 0 saturated heterocycles. The van der Waals surface area contributed by atoms with Crippen molar-refractivity contribution in [1.29, 1.82) is 0 Å². The number of pyridine rings is 1. The third-order valence-electron chi connectivity index (χ3n) is 2.27.